The second-order valence-electron chi connectivity index (χ2n) is 11.4. The Morgan fingerprint density at radius 3 is 2.24 bits per heavy atom. The standard InChI is InChI=1S/C29H31N3O5/c1-31-9-8-25(33)32(28(31)37)24-7-3-5-21-20(4-2-6-22(21)24)13-23(26(34)35)30-27(36)29-14-17-10-18(15-29)12-19(11-17)16-29/h2-9,17-19,23H,10-16H2,1H3,(H,30,36)(H,34,35)/t17?,18?,19?,23-,29?/m0/s1. The molecule has 2 aromatic carbocycles. The summed E-state index contributed by atoms with van der Waals surface area (Å²) in [6.45, 7) is 0. The van der Waals surface area contributed by atoms with Gasteiger partial charge in [0, 0.05) is 36.5 Å². The van der Waals surface area contributed by atoms with E-state index in [-0.39, 0.29) is 12.3 Å². The molecule has 3 aromatic rings. The largest absolute Gasteiger partial charge is 0.480 e. The summed E-state index contributed by atoms with van der Waals surface area (Å²) in [6.07, 6.45) is 7.78. The third kappa shape index (κ3) is 3.99. The normalized spacial score (nSPS) is 26.8. The number of fused-ring (bicyclic) bond motifs is 1. The molecule has 1 amide bonds. The van der Waals surface area contributed by atoms with Crippen LogP contribution in [-0.2, 0) is 23.1 Å². The molecular weight excluding hydrogens is 470 g/mol. The van der Waals surface area contributed by atoms with E-state index in [1.54, 1.807) is 25.2 Å². The number of hydrogen-bond donors (Lipinski definition) is 2. The summed E-state index contributed by atoms with van der Waals surface area (Å²) in [6, 6.07) is 11.0. The fraction of sp³-hybridized carbons (Fsp3) is 0.448. The maximum Gasteiger partial charge on any atom is 0.335 e. The zero-order valence-corrected chi connectivity index (χ0v) is 20.9. The Balaban J connectivity index is 1.32. The molecule has 8 nitrogen and oxygen atoms in total. The third-order valence-corrected chi connectivity index (χ3v) is 8.93. The second-order valence-corrected chi connectivity index (χ2v) is 11.4. The Morgan fingerprint density at radius 1 is 0.973 bits per heavy atom. The minimum atomic E-state index is -1.07. The first-order valence-corrected chi connectivity index (χ1v) is 13.1. The number of nitrogens with one attached hydrogen (secondary N) is 1. The minimum Gasteiger partial charge on any atom is -0.480 e. The van der Waals surface area contributed by atoms with Gasteiger partial charge >= 0.3 is 11.7 Å². The highest BCUT2D eigenvalue weighted by Gasteiger charge is 2.55. The van der Waals surface area contributed by atoms with Gasteiger partial charge in [0.2, 0.25) is 5.91 Å². The number of benzene rings is 2. The molecule has 4 aliphatic carbocycles. The Labute approximate surface area is 213 Å². The van der Waals surface area contributed by atoms with E-state index >= 15 is 0 Å². The molecule has 0 spiro atoms. The van der Waals surface area contributed by atoms with Crippen LogP contribution < -0.4 is 16.6 Å². The number of aryl methyl sites for hydroxylation is 1. The van der Waals surface area contributed by atoms with Crippen molar-refractivity contribution < 1.29 is 14.7 Å². The van der Waals surface area contributed by atoms with Gasteiger partial charge in [-0.05, 0) is 73.3 Å². The number of carbonyl (C=O) groups excluding carboxylic acids is 1. The number of aliphatic carboxylic acids is 1. The predicted molar refractivity (Wildman–Crippen MR) is 139 cm³/mol. The van der Waals surface area contributed by atoms with Gasteiger partial charge in [0.15, 0.2) is 0 Å². The zero-order valence-electron chi connectivity index (χ0n) is 20.9. The molecule has 4 aliphatic rings. The van der Waals surface area contributed by atoms with Crippen LogP contribution in [0.4, 0.5) is 0 Å². The Bertz CT molecular complexity index is 1500. The number of rotatable bonds is 6. The zero-order chi connectivity index (χ0) is 25.9. The van der Waals surface area contributed by atoms with Crippen molar-refractivity contribution in [3.8, 4) is 5.69 Å². The summed E-state index contributed by atoms with van der Waals surface area (Å²) in [7, 11) is 1.58. The van der Waals surface area contributed by atoms with Gasteiger partial charge in [0.1, 0.15) is 6.04 Å². The van der Waals surface area contributed by atoms with E-state index in [9.17, 15) is 24.3 Å². The van der Waals surface area contributed by atoms with E-state index in [1.807, 2.05) is 18.2 Å². The molecule has 0 unspecified atom stereocenters. The molecule has 8 heteroatoms. The van der Waals surface area contributed by atoms with Crippen molar-refractivity contribution in [1.29, 1.82) is 0 Å². The molecule has 4 fully saturated rings. The van der Waals surface area contributed by atoms with Gasteiger partial charge in [-0.1, -0.05) is 30.3 Å². The Hall–Kier alpha value is -3.68. The number of carboxylic acid groups (broad SMARTS) is 1. The topological polar surface area (TPSA) is 110 Å². The molecule has 4 bridgehead atoms. The van der Waals surface area contributed by atoms with Crippen molar-refractivity contribution in [1.82, 2.24) is 14.5 Å². The monoisotopic (exact) mass is 501 g/mol. The summed E-state index contributed by atoms with van der Waals surface area (Å²) < 4.78 is 2.46. The molecule has 1 aromatic heterocycles. The average Bonchev–Trinajstić information content (AvgIpc) is 2.85. The number of amides is 1. The first kappa shape index (κ1) is 23.7. The van der Waals surface area contributed by atoms with Gasteiger partial charge < -0.3 is 15.0 Å². The molecule has 192 valence electrons. The smallest absolute Gasteiger partial charge is 0.335 e. The van der Waals surface area contributed by atoms with E-state index in [0.717, 1.165) is 34.8 Å². The van der Waals surface area contributed by atoms with Gasteiger partial charge in [-0.25, -0.2) is 14.2 Å². The van der Waals surface area contributed by atoms with Crippen LogP contribution in [0.15, 0.2) is 58.3 Å². The van der Waals surface area contributed by atoms with Gasteiger partial charge in [-0.15, -0.1) is 0 Å². The lowest BCUT2D eigenvalue weighted by Crippen LogP contribution is -2.56. The summed E-state index contributed by atoms with van der Waals surface area (Å²) in [4.78, 5) is 51.2. The van der Waals surface area contributed by atoms with Gasteiger partial charge in [0.05, 0.1) is 5.69 Å². The summed E-state index contributed by atoms with van der Waals surface area (Å²) in [5.41, 5.74) is -0.152. The van der Waals surface area contributed by atoms with E-state index in [4.69, 9.17) is 0 Å². The van der Waals surface area contributed by atoms with Gasteiger partial charge in [-0.3, -0.25) is 9.59 Å². The quantitative estimate of drug-likeness (QED) is 0.540. The lowest BCUT2D eigenvalue weighted by Gasteiger charge is -2.55. The highest BCUT2D eigenvalue weighted by Crippen LogP contribution is 2.60. The predicted octanol–water partition coefficient (Wildman–Crippen LogP) is 3.02. The van der Waals surface area contributed by atoms with Crippen molar-refractivity contribution in [2.45, 2.75) is 51.0 Å². The molecule has 4 saturated carbocycles. The molecule has 0 saturated heterocycles. The molecule has 0 radical (unpaired) electrons. The van der Waals surface area contributed by atoms with Gasteiger partial charge in [-0.2, -0.15) is 0 Å². The Kier molecular flexibility index (Phi) is 5.58. The van der Waals surface area contributed by atoms with Crippen LogP contribution in [0.2, 0.25) is 0 Å². The van der Waals surface area contributed by atoms with Crippen molar-refractivity contribution in [2.24, 2.45) is 30.2 Å². The molecule has 1 heterocycles. The van der Waals surface area contributed by atoms with Crippen molar-refractivity contribution in [2.75, 3.05) is 0 Å². The van der Waals surface area contributed by atoms with Crippen LogP contribution >= 0.6 is 0 Å². The minimum absolute atomic E-state index is 0.107. The summed E-state index contributed by atoms with van der Waals surface area (Å²) in [5, 5.41) is 14.4. The maximum atomic E-state index is 13.6. The molecule has 1 atom stereocenters. The number of carboxylic acids is 1. The van der Waals surface area contributed by atoms with E-state index < -0.39 is 28.7 Å². The van der Waals surface area contributed by atoms with Crippen LogP contribution in [0.3, 0.4) is 0 Å². The summed E-state index contributed by atoms with van der Waals surface area (Å²) in [5.74, 6) is 0.584. The van der Waals surface area contributed by atoms with Gasteiger partial charge in [0.25, 0.3) is 5.56 Å². The molecule has 7 rings (SSSR count). The fourth-order valence-electron chi connectivity index (χ4n) is 7.64. The van der Waals surface area contributed by atoms with Crippen molar-refractivity contribution in [3.63, 3.8) is 0 Å². The number of nitrogens with zero attached hydrogens (tertiary/aromatic N) is 2. The molecule has 37 heavy (non-hydrogen) atoms. The molecular formula is C29H31N3O5. The lowest BCUT2D eigenvalue weighted by molar-refractivity contribution is -0.151. The second kappa shape index (κ2) is 8.71. The molecule has 2 N–H and O–H groups in total. The van der Waals surface area contributed by atoms with Crippen LogP contribution in [0, 0.1) is 23.2 Å². The first-order chi connectivity index (χ1) is 17.7. The maximum absolute atomic E-state index is 13.6. The highest BCUT2D eigenvalue weighted by atomic mass is 16.4. The lowest BCUT2D eigenvalue weighted by atomic mass is 9.49. The third-order valence-electron chi connectivity index (χ3n) is 8.93. The fourth-order valence-corrected chi connectivity index (χ4v) is 7.64. The number of carbonyl (C=O) groups is 2. The molecule has 0 aliphatic heterocycles. The average molecular weight is 502 g/mol. The first-order valence-electron chi connectivity index (χ1n) is 13.1. The van der Waals surface area contributed by atoms with Crippen LogP contribution in [0.5, 0.6) is 0 Å². The van der Waals surface area contributed by atoms with Crippen LogP contribution in [0.1, 0.15) is 44.1 Å². The number of hydrogen-bond acceptors (Lipinski definition) is 4. The highest BCUT2D eigenvalue weighted by molar-refractivity contribution is 5.93. The van der Waals surface area contributed by atoms with E-state index in [0.29, 0.717) is 28.8 Å². The van der Waals surface area contributed by atoms with Crippen LogP contribution in [0.25, 0.3) is 16.5 Å². The van der Waals surface area contributed by atoms with E-state index in [1.165, 1.54) is 36.1 Å². The van der Waals surface area contributed by atoms with E-state index in [2.05, 4.69) is 5.32 Å². The Morgan fingerprint density at radius 2 is 1.59 bits per heavy atom. The SMILES string of the molecule is Cn1ccc(=O)n(-c2cccc3c(C[C@H](NC(=O)C45CC6CC(CC(C6)C4)C5)C(=O)O)cccc23)c1=O. The van der Waals surface area contributed by atoms with Crippen molar-refractivity contribution in [3.05, 3.63) is 75.1 Å². The number of aromatic nitrogens is 2. The summed E-state index contributed by atoms with van der Waals surface area (Å²) >= 11 is 0. The van der Waals surface area contributed by atoms with Crippen molar-refractivity contribution >= 4 is 22.6 Å². The van der Waals surface area contributed by atoms with Crippen LogP contribution in [-0.4, -0.2) is 32.2 Å².